The third-order valence-electron chi connectivity index (χ3n) is 13.7. The Morgan fingerprint density at radius 3 is 2.11 bits per heavy atom. The van der Waals surface area contributed by atoms with Crippen LogP contribution in [0.25, 0.3) is 0 Å². The van der Waals surface area contributed by atoms with Gasteiger partial charge in [0.05, 0.1) is 41.6 Å². The molecule has 15 nitrogen and oxygen atoms in total. The van der Waals surface area contributed by atoms with Gasteiger partial charge in [0.1, 0.15) is 18.1 Å². The Morgan fingerprint density at radius 2 is 1.42 bits per heavy atom. The van der Waals surface area contributed by atoms with Gasteiger partial charge in [0, 0.05) is 73.7 Å². The zero-order valence-electron chi connectivity index (χ0n) is 43.4. The predicted molar refractivity (Wildman–Crippen MR) is 286 cm³/mol. The molecule has 1 amide bonds. The zero-order chi connectivity index (χ0) is 52.7. The number of para-hydroxylation sites is 1. The van der Waals surface area contributed by atoms with Gasteiger partial charge in [-0.15, -0.1) is 0 Å². The maximum Gasteiger partial charge on any atom is 0.294 e. The number of hydrogen-bond acceptors (Lipinski definition) is 11. The molecule has 1 aliphatic carbocycles. The second kappa shape index (κ2) is 26.5. The molecule has 0 aromatic heterocycles. The second-order valence-corrected chi connectivity index (χ2v) is 22.6. The van der Waals surface area contributed by atoms with Crippen molar-refractivity contribution >= 4 is 43.2 Å². The number of fused-ring (bicyclic) bond motifs is 2. The van der Waals surface area contributed by atoms with E-state index in [2.05, 4.69) is 84.1 Å². The molecular formula is C56H77N4O11S2+. The number of rotatable bonds is 29. The summed E-state index contributed by atoms with van der Waals surface area (Å²) in [4.78, 5) is 14.7. The van der Waals surface area contributed by atoms with Crippen LogP contribution >= 0.6 is 0 Å². The van der Waals surface area contributed by atoms with Crippen molar-refractivity contribution in [2.24, 2.45) is 5.73 Å². The third kappa shape index (κ3) is 15.3. The minimum absolute atomic E-state index is 0.0119. The summed E-state index contributed by atoms with van der Waals surface area (Å²) in [6.07, 6.45) is 17.0. The van der Waals surface area contributed by atoms with Gasteiger partial charge >= 0.3 is 0 Å². The normalized spacial score (nSPS) is 17.6. The first-order valence-corrected chi connectivity index (χ1v) is 28.7. The number of carbonyl (C=O) groups excluding carboxylic acids is 1. The molecule has 3 aromatic carbocycles. The molecule has 0 saturated carbocycles. The van der Waals surface area contributed by atoms with Gasteiger partial charge in [0.25, 0.3) is 20.2 Å². The smallest absolute Gasteiger partial charge is 0.294 e. The van der Waals surface area contributed by atoms with E-state index in [9.17, 15) is 30.7 Å². The Bertz CT molecular complexity index is 2760. The lowest BCUT2D eigenvalue weighted by atomic mass is 9.81. The minimum Gasteiger partial charge on any atom is -0.457 e. The molecule has 2 aliphatic heterocycles. The number of carbonyl (C=O) groups is 1. The molecule has 0 radical (unpaired) electrons. The number of anilines is 1. The molecule has 6 rings (SSSR count). The average molecular weight is 1050 g/mol. The maximum absolute atomic E-state index is 12.7. The summed E-state index contributed by atoms with van der Waals surface area (Å²) in [7, 11) is -8.89. The molecule has 3 aliphatic rings. The van der Waals surface area contributed by atoms with E-state index < -0.39 is 25.7 Å². The van der Waals surface area contributed by atoms with Crippen LogP contribution in [0.1, 0.15) is 116 Å². The number of nitrogens with one attached hydrogen (secondary N) is 1. The Morgan fingerprint density at radius 1 is 0.753 bits per heavy atom. The first-order chi connectivity index (χ1) is 34.9. The first-order valence-electron chi connectivity index (χ1n) is 25.8. The molecule has 0 unspecified atom stereocenters. The summed E-state index contributed by atoms with van der Waals surface area (Å²) in [6.45, 7) is 16.5. The van der Waals surface area contributed by atoms with Crippen LogP contribution in [0.5, 0.6) is 5.75 Å². The van der Waals surface area contributed by atoms with Gasteiger partial charge in [-0.05, 0) is 143 Å². The number of nitrogens with zero attached hydrogens (tertiary/aromatic N) is 2. The summed E-state index contributed by atoms with van der Waals surface area (Å²) >= 11 is 0. The van der Waals surface area contributed by atoms with Gasteiger partial charge in [0.2, 0.25) is 11.6 Å². The molecule has 0 atom stereocenters. The van der Waals surface area contributed by atoms with Gasteiger partial charge in [-0.2, -0.15) is 21.4 Å². The highest BCUT2D eigenvalue weighted by molar-refractivity contribution is 7.86. The fourth-order valence-electron chi connectivity index (χ4n) is 9.71. The summed E-state index contributed by atoms with van der Waals surface area (Å²) in [5.41, 5.74) is 12.6. The molecule has 0 fully saturated rings. The lowest BCUT2D eigenvalue weighted by molar-refractivity contribution is -0.438. The number of allylic oxidation sites excluding steroid dienone is 7. The lowest BCUT2D eigenvalue weighted by Crippen LogP contribution is -2.28. The molecule has 73 heavy (non-hydrogen) atoms. The quantitative estimate of drug-likeness (QED) is 0.0291. The SMILES string of the molecule is CCCCN1/C(=C/C=C2\CCCC(/C=C/C3=[N+](CCCCCC(=O)NCCCOCCOCCOCCCN)c4ccc(S(=O)(=O)O)cc4C3(C)C)=C2Oc2ccc(S(=O)(=O)O)cc2)C(C)(C)c2ccccc21. The van der Waals surface area contributed by atoms with E-state index in [1.54, 1.807) is 12.1 Å². The van der Waals surface area contributed by atoms with E-state index in [0.29, 0.717) is 96.5 Å². The molecule has 0 saturated heterocycles. The van der Waals surface area contributed by atoms with Crippen LogP contribution in [0.3, 0.4) is 0 Å². The van der Waals surface area contributed by atoms with E-state index in [1.807, 2.05) is 13.8 Å². The molecule has 398 valence electrons. The van der Waals surface area contributed by atoms with Gasteiger partial charge in [0.15, 0.2) is 5.71 Å². The fraction of sp³-hybridized carbons (Fsp3) is 0.500. The predicted octanol–water partition coefficient (Wildman–Crippen LogP) is 9.50. The Kier molecular flexibility index (Phi) is 20.8. The van der Waals surface area contributed by atoms with Crippen LogP contribution in [0, 0.1) is 0 Å². The topological polar surface area (TPSA) is 207 Å². The Labute approximate surface area is 433 Å². The molecule has 0 spiro atoms. The van der Waals surface area contributed by atoms with Crippen molar-refractivity contribution in [1.82, 2.24) is 5.32 Å². The third-order valence-corrected chi connectivity index (χ3v) is 15.4. The summed E-state index contributed by atoms with van der Waals surface area (Å²) in [5, 5.41) is 2.99. The van der Waals surface area contributed by atoms with Crippen LogP contribution < -0.4 is 20.7 Å². The molecular weight excluding hydrogens is 969 g/mol. The number of unbranched alkanes of at least 4 members (excludes halogenated alkanes) is 3. The summed E-state index contributed by atoms with van der Waals surface area (Å²) in [6, 6.07) is 19.0. The van der Waals surface area contributed by atoms with Crippen LogP contribution in [-0.2, 0) is 50.1 Å². The highest BCUT2D eigenvalue weighted by Gasteiger charge is 2.45. The van der Waals surface area contributed by atoms with Crippen LogP contribution in [-0.4, -0.2) is 108 Å². The average Bonchev–Trinajstić information content (AvgIpc) is 3.70. The number of nitrogens with two attached hydrogens (primary N) is 1. The monoisotopic (exact) mass is 1050 g/mol. The summed E-state index contributed by atoms with van der Waals surface area (Å²) in [5.74, 6) is 1.04. The standard InChI is InChI=1S/C56H76N4O11S2/c1-6-7-33-59-49-19-11-10-18-47(49)55(2,3)51(59)29-21-42-16-13-17-43(54(42)71-44-23-25-45(26-24-44)72(62,63)64)22-30-52-56(4,5)48-41-46(73(65,66)67)27-28-50(48)60(52)34-12-8-9-20-53(61)58-32-15-36-69-38-40-70-39-37-68-35-14-31-57/h10-11,18-19,21-30,41H,6-9,12-17,20,31-40,57H2,1-5H3,(H2-,58,61,62,63,64,65,66,67)/p+1. The van der Waals surface area contributed by atoms with E-state index in [-0.39, 0.29) is 21.1 Å². The van der Waals surface area contributed by atoms with E-state index >= 15 is 0 Å². The van der Waals surface area contributed by atoms with E-state index in [4.69, 9.17) is 24.7 Å². The van der Waals surface area contributed by atoms with E-state index in [0.717, 1.165) is 79.6 Å². The Balaban J connectivity index is 1.21. The van der Waals surface area contributed by atoms with Crippen molar-refractivity contribution < 1.29 is 54.3 Å². The molecule has 2 heterocycles. The van der Waals surface area contributed by atoms with Crippen molar-refractivity contribution in [1.29, 1.82) is 0 Å². The van der Waals surface area contributed by atoms with Crippen molar-refractivity contribution in [2.75, 3.05) is 70.7 Å². The van der Waals surface area contributed by atoms with Gasteiger partial charge in [-0.25, -0.2) is 0 Å². The Hall–Kier alpha value is -4.98. The molecule has 5 N–H and O–H groups in total. The zero-order valence-corrected chi connectivity index (χ0v) is 45.0. The first kappa shape index (κ1) is 57.3. The van der Waals surface area contributed by atoms with Crippen molar-refractivity contribution in [3.05, 3.63) is 125 Å². The van der Waals surface area contributed by atoms with Crippen molar-refractivity contribution in [3.63, 3.8) is 0 Å². The fourth-order valence-corrected chi connectivity index (χ4v) is 10.7. The van der Waals surface area contributed by atoms with Gasteiger partial charge in [-0.3, -0.25) is 13.9 Å². The summed E-state index contributed by atoms with van der Waals surface area (Å²) < 4.78 is 94.0. The van der Waals surface area contributed by atoms with Crippen molar-refractivity contribution in [3.8, 4) is 5.75 Å². The van der Waals surface area contributed by atoms with Crippen molar-refractivity contribution in [2.45, 2.75) is 126 Å². The van der Waals surface area contributed by atoms with E-state index in [1.165, 1.54) is 47.3 Å². The highest BCUT2D eigenvalue weighted by atomic mass is 32.2. The van der Waals surface area contributed by atoms with Crippen LogP contribution in [0.15, 0.2) is 123 Å². The molecule has 0 bridgehead atoms. The highest BCUT2D eigenvalue weighted by Crippen LogP contribution is 2.48. The second-order valence-electron chi connectivity index (χ2n) is 19.8. The largest absolute Gasteiger partial charge is 0.457 e. The van der Waals surface area contributed by atoms with Crippen LogP contribution in [0.2, 0.25) is 0 Å². The number of ether oxygens (including phenoxy) is 4. The minimum atomic E-state index is -4.48. The number of hydrogen-bond donors (Lipinski definition) is 4. The molecule has 17 heteroatoms. The molecule has 3 aromatic rings. The lowest BCUT2D eigenvalue weighted by Gasteiger charge is -2.27. The van der Waals surface area contributed by atoms with Crippen LogP contribution in [0.4, 0.5) is 11.4 Å². The maximum atomic E-state index is 12.7. The van der Waals surface area contributed by atoms with Gasteiger partial charge in [-0.1, -0.05) is 51.5 Å². The number of amides is 1. The number of benzene rings is 3. The van der Waals surface area contributed by atoms with Gasteiger partial charge < -0.3 is 34.9 Å².